The molecular formula is C15H21N3O. The summed E-state index contributed by atoms with van der Waals surface area (Å²) in [6.07, 6.45) is 10.6. The zero-order chi connectivity index (χ0) is 13.0. The molecular weight excluding hydrogens is 238 g/mol. The second-order valence-corrected chi connectivity index (χ2v) is 6.76. The van der Waals surface area contributed by atoms with Gasteiger partial charge in [-0.15, -0.1) is 0 Å². The Hall–Kier alpha value is -1.16. The smallest absolute Gasteiger partial charge is 0.179 e. The van der Waals surface area contributed by atoms with E-state index in [9.17, 15) is 4.79 Å². The second-order valence-electron chi connectivity index (χ2n) is 6.76. The molecule has 2 N–H and O–H groups in total. The summed E-state index contributed by atoms with van der Waals surface area (Å²) in [6, 6.07) is 0.534. The van der Waals surface area contributed by atoms with Crippen molar-refractivity contribution in [3.63, 3.8) is 0 Å². The van der Waals surface area contributed by atoms with Crippen LogP contribution in [0, 0.1) is 23.7 Å². The van der Waals surface area contributed by atoms with Gasteiger partial charge in [0.15, 0.2) is 5.78 Å². The van der Waals surface area contributed by atoms with Crippen molar-refractivity contribution in [1.82, 2.24) is 9.78 Å². The van der Waals surface area contributed by atoms with Gasteiger partial charge in [-0.3, -0.25) is 9.48 Å². The van der Waals surface area contributed by atoms with Crippen LogP contribution in [0.25, 0.3) is 0 Å². The summed E-state index contributed by atoms with van der Waals surface area (Å²) in [5.41, 5.74) is 6.10. The van der Waals surface area contributed by atoms with Crippen molar-refractivity contribution in [2.24, 2.45) is 29.4 Å². The normalized spacial score (nSPS) is 39.7. The van der Waals surface area contributed by atoms with E-state index < -0.39 is 0 Å². The summed E-state index contributed by atoms with van der Waals surface area (Å²) in [7, 11) is 0. The zero-order valence-electron chi connectivity index (χ0n) is 11.2. The van der Waals surface area contributed by atoms with E-state index in [0.29, 0.717) is 11.6 Å². The predicted molar refractivity (Wildman–Crippen MR) is 71.7 cm³/mol. The molecule has 19 heavy (non-hydrogen) atoms. The Balaban J connectivity index is 1.62. The zero-order valence-corrected chi connectivity index (χ0v) is 11.2. The third-order valence-corrected chi connectivity index (χ3v) is 5.59. The third kappa shape index (κ3) is 1.76. The highest BCUT2D eigenvalue weighted by atomic mass is 16.1. The molecule has 0 aliphatic heterocycles. The van der Waals surface area contributed by atoms with Gasteiger partial charge in [0, 0.05) is 6.20 Å². The lowest BCUT2D eigenvalue weighted by Gasteiger charge is -2.54. The molecule has 4 saturated carbocycles. The number of ketones is 1. The molecule has 1 aromatic rings. The third-order valence-electron chi connectivity index (χ3n) is 5.59. The van der Waals surface area contributed by atoms with Gasteiger partial charge in [-0.25, -0.2) is 0 Å². The van der Waals surface area contributed by atoms with E-state index in [1.165, 1.54) is 32.1 Å². The summed E-state index contributed by atoms with van der Waals surface area (Å²) in [6.45, 7) is 0.0768. The molecule has 0 radical (unpaired) electrons. The van der Waals surface area contributed by atoms with Gasteiger partial charge in [0.05, 0.1) is 24.3 Å². The molecule has 1 heterocycles. The van der Waals surface area contributed by atoms with E-state index in [1.807, 2.05) is 6.20 Å². The summed E-state index contributed by atoms with van der Waals surface area (Å²) >= 11 is 0. The fraction of sp³-hybridized carbons (Fsp3) is 0.733. The van der Waals surface area contributed by atoms with E-state index in [2.05, 4.69) is 9.78 Å². The number of carbonyl (C=O) groups excluding carboxylic acids is 1. The molecule has 4 bridgehead atoms. The summed E-state index contributed by atoms with van der Waals surface area (Å²) < 4.78 is 2.08. The van der Waals surface area contributed by atoms with Crippen molar-refractivity contribution < 1.29 is 4.79 Å². The monoisotopic (exact) mass is 259 g/mol. The van der Waals surface area contributed by atoms with E-state index in [1.54, 1.807) is 6.20 Å². The molecule has 4 aliphatic rings. The van der Waals surface area contributed by atoms with Crippen LogP contribution in [0.2, 0.25) is 0 Å². The Morgan fingerprint density at radius 1 is 1.21 bits per heavy atom. The Morgan fingerprint density at radius 3 is 2.42 bits per heavy atom. The van der Waals surface area contributed by atoms with Crippen molar-refractivity contribution >= 4 is 5.78 Å². The van der Waals surface area contributed by atoms with Crippen molar-refractivity contribution in [1.29, 1.82) is 0 Å². The quantitative estimate of drug-likeness (QED) is 0.845. The maximum absolute atomic E-state index is 11.6. The number of carbonyl (C=O) groups is 1. The molecule has 0 saturated heterocycles. The summed E-state index contributed by atoms with van der Waals surface area (Å²) in [4.78, 5) is 11.6. The molecule has 0 aromatic carbocycles. The summed E-state index contributed by atoms with van der Waals surface area (Å²) in [5, 5.41) is 4.47. The minimum atomic E-state index is -0.00457. The highest BCUT2D eigenvalue weighted by Gasteiger charge is 2.49. The summed E-state index contributed by atoms with van der Waals surface area (Å²) in [5.74, 6) is 3.52. The first-order valence-corrected chi connectivity index (χ1v) is 7.52. The van der Waals surface area contributed by atoms with Crippen LogP contribution in [0.4, 0.5) is 0 Å². The first kappa shape index (κ1) is 11.6. The van der Waals surface area contributed by atoms with E-state index in [4.69, 9.17) is 5.73 Å². The van der Waals surface area contributed by atoms with Gasteiger partial charge in [-0.2, -0.15) is 5.10 Å². The molecule has 102 valence electrons. The van der Waals surface area contributed by atoms with Crippen LogP contribution in [0.1, 0.15) is 48.5 Å². The van der Waals surface area contributed by atoms with Crippen LogP contribution in [0.5, 0.6) is 0 Å². The highest BCUT2D eigenvalue weighted by Crippen LogP contribution is 2.58. The van der Waals surface area contributed by atoms with E-state index in [0.717, 1.165) is 23.7 Å². The number of Topliss-reactive ketones (excluding diaryl/α,β-unsaturated/α-hetero) is 1. The largest absolute Gasteiger partial charge is 0.324 e. The number of hydrogen-bond acceptors (Lipinski definition) is 3. The van der Waals surface area contributed by atoms with Crippen LogP contribution < -0.4 is 5.73 Å². The van der Waals surface area contributed by atoms with Gasteiger partial charge in [0.2, 0.25) is 0 Å². The van der Waals surface area contributed by atoms with Gasteiger partial charge in [-0.1, -0.05) is 0 Å². The maximum atomic E-state index is 11.6. The van der Waals surface area contributed by atoms with Gasteiger partial charge >= 0.3 is 0 Å². The average molecular weight is 259 g/mol. The van der Waals surface area contributed by atoms with Gasteiger partial charge in [-0.05, 0) is 55.8 Å². The highest BCUT2D eigenvalue weighted by molar-refractivity contribution is 5.96. The Bertz CT molecular complexity index is 479. The molecule has 4 heteroatoms. The van der Waals surface area contributed by atoms with Crippen molar-refractivity contribution in [3.8, 4) is 0 Å². The maximum Gasteiger partial charge on any atom is 0.179 e. The Kier molecular flexibility index (Phi) is 2.56. The van der Waals surface area contributed by atoms with Crippen LogP contribution in [-0.4, -0.2) is 22.1 Å². The molecule has 4 aliphatic carbocycles. The lowest BCUT2D eigenvalue weighted by molar-refractivity contribution is -0.0336. The lowest BCUT2D eigenvalue weighted by Crippen LogP contribution is -2.46. The standard InChI is InChI=1S/C15H21N3O/c16-6-14(19)13-7-17-18(8-13)15-11-2-9-1-10(4-11)5-12(15)3-9/h7-12,15H,1-6,16H2. The number of hydrogen-bond donors (Lipinski definition) is 1. The molecule has 5 rings (SSSR count). The first-order valence-electron chi connectivity index (χ1n) is 7.52. The first-order chi connectivity index (χ1) is 9.24. The van der Waals surface area contributed by atoms with Crippen molar-refractivity contribution in [3.05, 3.63) is 18.0 Å². The second kappa shape index (κ2) is 4.17. The number of aromatic nitrogens is 2. The number of nitrogens with two attached hydrogens (primary N) is 1. The topological polar surface area (TPSA) is 60.9 Å². The van der Waals surface area contributed by atoms with E-state index >= 15 is 0 Å². The average Bonchev–Trinajstić information content (AvgIpc) is 2.86. The Labute approximate surface area is 113 Å². The van der Waals surface area contributed by atoms with E-state index in [-0.39, 0.29) is 12.3 Å². The molecule has 0 atom stereocenters. The predicted octanol–water partition coefficient (Wildman–Crippen LogP) is 2.02. The Morgan fingerprint density at radius 2 is 1.84 bits per heavy atom. The van der Waals surface area contributed by atoms with Crippen LogP contribution in [-0.2, 0) is 0 Å². The lowest BCUT2D eigenvalue weighted by atomic mass is 9.54. The SMILES string of the molecule is NCC(=O)c1cnn(C2C3CC4CC(C3)CC2C4)c1. The van der Waals surface area contributed by atoms with Crippen LogP contribution in [0.15, 0.2) is 12.4 Å². The van der Waals surface area contributed by atoms with Crippen LogP contribution >= 0.6 is 0 Å². The molecule has 1 aromatic heterocycles. The fourth-order valence-corrected chi connectivity index (χ4v) is 5.09. The van der Waals surface area contributed by atoms with Gasteiger partial charge in [0.1, 0.15) is 0 Å². The molecule has 0 spiro atoms. The minimum absolute atomic E-state index is 0.00457. The van der Waals surface area contributed by atoms with Crippen molar-refractivity contribution in [2.45, 2.75) is 38.1 Å². The van der Waals surface area contributed by atoms with Gasteiger partial charge < -0.3 is 5.73 Å². The minimum Gasteiger partial charge on any atom is -0.324 e. The molecule has 4 fully saturated rings. The molecule has 0 unspecified atom stereocenters. The number of rotatable bonds is 3. The van der Waals surface area contributed by atoms with Crippen molar-refractivity contribution in [2.75, 3.05) is 6.54 Å². The number of nitrogens with zero attached hydrogens (tertiary/aromatic N) is 2. The fourth-order valence-electron chi connectivity index (χ4n) is 5.09. The molecule has 0 amide bonds. The molecule has 4 nitrogen and oxygen atoms in total. The van der Waals surface area contributed by atoms with Gasteiger partial charge in [0.25, 0.3) is 0 Å². The van der Waals surface area contributed by atoms with Crippen LogP contribution in [0.3, 0.4) is 0 Å².